The Bertz CT molecular complexity index is 837. The van der Waals surface area contributed by atoms with Gasteiger partial charge in [-0.1, -0.05) is 12.1 Å². The molecule has 0 aliphatic heterocycles. The Kier molecular flexibility index (Phi) is 4.95. The van der Waals surface area contributed by atoms with Crippen molar-refractivity contribution in [1.29, 1.82) is 0 Å². The van der Waals surface area contributed by atoms with Gasteiger partial charge in [-0.25, -0.2) is 17.2 Å². The van der Waals surface area contributed by atoms with E-state index in [-0.39, 0.29) is 16.3 Å². The van der Waals surface area contributed by atoms with E-state index < -0.39 is 34.0 Å². The maximum Gasteiger partial charge on any atom is 0.262 e. The summed E-state index contributed by atoms with van der Waals surface area (Å²) in [6.45, 7) is -0.552. The lowest BCUT2D eigenvalue weighted by atomic mass is 10.3. The van der Waals surface area contributed by atoms with E-state index in [1.165, 1.54) is 24.3 Å². The van der Waals surface area contributed by atoms with Crippen LogP contribution in [0.5, 0.6) is 5.75 Å². The van der Waals surface area contributed by atoms with Gasteiger partial charge in [-0.15, -0.1) is 0 Å². The number of benzene rings is 2. The van der Waals surface area contributed by atoms with Crippen LogP contribution < -0.4 is 10.1 Å². The number of hydrogen-bond acceptors (Lipinski definition) is 4. The van der Waals surface area contributed by atoms with E-state index in [2.05, 4.69) is 5.32 Å². The molecule has 1 N–H and O–H groups in total. The average Bonchev–Trinajstić information content (AvgIpc) is 2.47. The van der Waals surface area contributed by atoms with Crippen molar-refractivity contribution < 1.29 is 26.7 Å². The van der Waals surface area contributed by atoms with Gasteiger partial charge in [-0.05, 0) is 30.3 Å². The summed E-state index contributed by atoms with van der Waals surface area (Å²) in [6, 6.07) is 8.54. The van der Waals surface area contributed by atoms with Gasteiger partial charge in [0.05, 0.1) is 10.6 Å². The summed E-state index contributed by atoms with van der Waals surface area (Å²) in [4.78, 5) is 11.6. The van der Waals surface area contributed by atoms with E-state index in [1.807, 2.05) is 0 Å². The van der Waals surface area contributed by atoms with E-state index in [4.69, 9.17) is 4.74 Å². The summed E-state index contributed by atoms with van der Waals surface area (Å²) in [5.41, 5.74) is -0.296. The molecule has 0 spiro atoms. The van der Waals surface area contributed by atoms with Gasteiger partial charge in [0.2, 0.25) is 0 Å². The number of sulfone groups is 1. The highest BCUT2D eigenvalue weighted by molar-refractivity contribution is 7.90. The molecule has 23 heavy (non-hydrogen) atoms. The molecule has 0 saturated carbocycles. The number of amides is 1. The van der Waals surface area contributed by atoms with Gasteiger partial charge in [0.15, 0.2) is 28.0 Å². The first-order valence-electron chi connectivity index (χ1n) is 6.44. The van der Waals surface area contributed by atoms with Crippen molar-refractivity contribution in [3.05, 3.63) is 54.1 Å². The number of carbonyl (C=O) groups is 1. The molecule has 8 heteroatoms. The average molecular weight is 341 g/mol. The second-order valence-electron chi connectivity index (χ2n) is 4.68. The lowest BCUT2D eigenvalue weighted by Gasteiger charge is -2.09. The molecule has 0 aliphatic rings. The Labute approximate surface area is 131 Å². The van der Waals surface area contributed by atoms with Crippen LogP contribution in [0.25, 0.3) is 0 Å². The highest BCUT2D eigenvalue weighted by atomic mass is 32.2. The Morgan fingerprint density at radius 1 is 1.13 bits per heavy atom. The Balaban J connectivity index is 2.07. The van der Waals surface area contributed by atoms with E-state index in [1.54, 1.807) is 0 Å². The van der Waals surface area contributed by atoms with Crippen LogP contribution in [-0.4, -0.2) is 27.2 Å². The third kappa shape index (κ3) is 4.49. The molecule has 0 atom stereocenters. The summed E-state index contributed by atoms with van der Waals surface area (Å²) in [6.07, 6.45) is 0.965. The zero-order chi connectivity index (χ0) is 17.0. The largest absolute Gasteiger partial charge is 0.481 e. The molecule has 2 rings (SSSR count). The molecule has 0 saturated heterocycles. The molecule has 0 heterocycles. The normalized spacial score (nSPS) is 11.1. The molecule has 122 valence electrons. The SMILES string of the molecule is CS(=O)(=O)c1ccc(F)c(NC(=O)COc2ccccc2F)c1. The lowest BCUT2D eigenvalue weighted by molar-refractivity contribution is -0.118. The van der Waals surface area contributed by atoms with Crippen LogP contribution in [0, 0.1) is 11.6 Å². The maximum atomic E-state index is 13.6. The minimum Gasteiger partial charge on any atom is -0.481 e. The molecule has 0 aliphatic carbocycles. The van der Waals surface area contributed by atoms with Gasteiger partial charge in [0, 0.05) is 6.26 Å². The van der Waals surface area contributed by atoms with Crippen LogP contribution >= 0.6 is 0 Å². The molecule has 5 nitrogen and oxygen atoms in total. The van der Waals surface area contributed by atoms with Crippen LogP contribution in [0.1, 0.15) is 0 Å². The monoisotopic (exact) mass is 341 g/mol. The number of ether oxygens (including phenoxy) is 1. The molecule has 0 radical (unpaired) electrons. The first-order chi connectivity index (χ1) is 10.8. The Hall–Kier alpha value is -2.48. The molecule has 0 fully saturated rings. The van der Waals surface area contributed by atoms with Crippen molar-refractivity contribution >= 4 is 21.4 Å². The summed E-state index contributed by atoms with van der Waals surface area (Å²) in [5.74, 6) is -2.30. The highest BCUT2D eigenvalue weighted by Gasteiger charge is 2.14. The predicted octanol–water partition coefficient (Wildman–Crippen LogP) is 2.39. The minimum absolute atomic E-state index is 0.118. The molecule has 0 unspecified atom stereocenters. The molecule has 0 aromatic heterocycles. The molecule has 2 aromatic carbocycles. The van der Waals surface area contributed by atoms with Crippen LogP contribution in [-0.2, 0) is 14.6 Å². The zero-order valence-electron chi connectivity index (χ0n) is 12.0. The van der Waals surface area contributed by atoms with Gasteiger partial charge < -0.3 is 10.1 Å². The smallest absolute Gasteiger partial charge is 0.262 e. The fraction of sp³-hybridized carbons (Fsp3) is 0.133. The molecule has 0 bridgehead atoms. The molecule has 1 amide bonds. The fourth-order valence-electron chi connectivity index (χ4n) is 1.72. The minimum atomic E-state index is -3.54. The molecular formula is C15H13F2NO4S. The fourth-order valence-corrected chi connectivity index (χ4v) is 2.37. The van der Waals surface area contributed by atoms with Crippen molar-refractivity contribution in [2.24, 2.45) is 0 Å². The number of hydrogen-bond donors (Lipinski definition) is 1. The predicted molar refractivity (Wildman–Crippen MR) is 80.0 cm³/mol. The van der Waals surface area contributed by atoms with Gasteiger partial charge in [0.25, 0.3) is 5.91 Å². The third-order valence-electron chi connectivity index (χ3n) is 2.84. The molecular weight excluding hydrogens is 328 g/mol. The number of carbonyl (C=O) groups excluding carboxylic acids is 1. The first kappa shape index (κ1) is 16.9. The van der Waals surface area contributed by atoms with Gasteiger partial charge in [-0.2, -0.15) is 0 Å². The van der Waals surface area contributed by atoms with Crippen LogP contribution in [0.2, 0.25) is 0 Å². The second-order valence-corrected chi connectivity index (χ2v) is 6.70. The summed E-state index contributed by atoms with van der Waals surface area (Å²) < 4.78 is 54.8. The van der Waals surface area contributed by atoms with Crippen LogP contribution in [0.15, 0.2) is 47.4 Å². The van der Waals surface area contributed by atoms with Gasteiger partial charge >= 0.3 is 0 Å². The third-order valence-corrected chi connectivity index (χ3v) is 3.95. The van der Waals surface area contributed by atoms with Crippen molar-refractivity contribution in [3.8, 4) is 5.75 Å². The van der Waals surface area contributed by atoms with E-state index in [0.29, 0.717) is 0 Å². The zero-order valence-corrected chi connectivity index (χ0v) is 12.9. The summed E-state index contributed by atoms with van der Waals surface area (Å²) >= 11 is 0. The second kappa shape index (κ2) is 6.74. The Morgan fingerprint density at radius 2 is 1.83 bits per heavy atom. The van der Waals surface area contributed by atoms with E-state index in [0.717, 1.165) is 24.5 Å². The van der Waals surface area contributed by atoms with Crippen molar-refractivity contribution in [3.63, 3.8) is 0 Å². The summed E-state index contributed by atoms with van der Waals surface area (Å²) in [7, 11) is -3.54. The van der Waals surface area contributed by atoms with Crippen molar-refractivity contribution in [1.82, 2.24) is 0 Å². The number of para-hydroxylation sites is 1. The topological polar surface area (TPSA) is 72.5 Å². The maximum absolute atomic E-state index is 13.6. The Morgan fingerprint density at radius 3 is 2.48 bits per heavy atom. The standard InChI is InChI=1S/C15H13F2NO4S/c1-23(20,21)10-6-7-11(16)13(8-10)18-15(19)9-22-14-5-3-2-4-12(14)17/h2-8H,9H2,1H3,(H,18,19). The van der Waals surface area contributed by atoms with Gasteiger partial charge in [-0.3, -0.25) is 4.79 Å². The first-order valence-corrected chi connectivity index (χ1v) is 8.33. The highest BCUT2D eigenvalue weighted by Crippen LogP contribution is 2.20. The number of nitrogens with one attached hydrogen (secondary N) is 1. The van der Waals surface area contributed by atoms with E-state index >= 15 is 0 Å². The quantitative estimate of drug-likeness (QED) is 0.848. The van der Waals surface area contributed by atoms with Crippen LogP contribution in [0.3, 0.4) is 0 Å². The van der Waals surface area contributed by atoms with Crippen molar-refractivity contribution in [2.75, 3.05) is 18.2 Å². The van der Waals surface area contributed by atoms with Gasteiger partial charge in [0.1, 0.15) is 5.82 Å². The van der Waals surface area contributed by atoms with Crippen molar-refractivity contribution in [2.45, 2.75) is 4.90 Å². The molecule has 2 aromatic rings. The number of halogens is 2. The van der Waals surface area contributed by atoms with Crippen LogP contribution in [0.4, 0.5) is 14.5 Å². The number of rotatable bonds is 5. The lowest BCUT2D eigenvalue weighted by Crippen LogP contribution is -2.21. The number of anilines is 1. The van der Waals surface area contributed by atoms with E-state index in [9.17, 15) is 22.0 Å². The summed E-state index contributed by atoms with van der Waals surface area (Å²) in [5, 5.41) is 2.19.